The number of carbonyl (C=O) groups is 2. The highest BCUT2D eigenvalue weighted by molar-refractivity contribution is 9.10. The van der Waals surface area contributed by atoms with Gasteiger partial charge in [-0.2, -0.15) is 4.31 Å². The van der Waals surface area contributed by atoms with Crippen LogP contribution in [0.3, 0.4) is 0 Å². The van der Waals surface area contributed by atoms with E-state index in [-0.39, 0.29) is 29.2 Å². The summed E-state index contributed by atoms with van der Waals surface area (Å²) >= 11 is 9.83. The number of nitrogens with two attached hydrogens (primary N) is 1. The number of esters is 1. The number of sulfonamides is 1. The average molecular weight is 519 g/mol. The molecule has 0 aromatic heterocycles. The van der Waals surface area contributed by atoms with Crippen molar-refractivity contribution >= 4 is 55.2 Å². The zero-order valence-electron chi connectivity index (χ0n) is 15.6. The van der Waals surface area contributed by atoms with Crippen molar-refractivity contribution in [3.63, 3.8) is 0 Å². The topological polar surface area (TPSA) is 139 Å². The number of hydrogen-bond acceptors (Lipinski definition) is 6. The van der Waals surface area contributed by atoms with Gasteiger partial charge >= 0.3 is 12.0 Å². The Morgan fingerprint density at radius 3 is 2.53 bits per heavy atom. The second kappa shape index (κ2) is 8.42. The third-order valence-electron chi connectivity index (χ3n) is 4.63. The Balaban J connectivity index is 2.25. The summed E-state index contributed by atoms with van der Waals surface area (Å²) in [7, 11) is -3.28. The molecule has 2 aromatic rings. The molecule has 1 aliphatic heterocycles. The Hall–Kier alpha value is -2.34. The minimum atomic E-state index is -4.43. The third kappa shape index (κ3) is 3.85. The molecule has 3 rings (SSSR count). The number of benzene rings is 2. The molecule has 1 fully saturated rings. The maximum atomic E-state index is 13.3. The number of urea groups is 1. The number of halogens is 2. The van der Waals surface area contributed by atoms with Gasteiger partial charge in [-0.25, -0.2) is 13.2 Å². The van der Waals surface area contributed by atoms with E-state index < -0.39 is 38.7 Å². The largest absolute Gasteiger partial charge is 0.504 e. The second-order valence-corrected chi connectivity index (χ2v) is 9.44. The lowest BCUT2D eigenvalue weighted by atomic mass is 10.0. The molecule has 12 heteroatoms. The number of primary amides is 1. The summed E-state index contributed by atoms with van der Waals surface area (Å²) < 4.78 is 32.7. The molecular weight excluding hydrogens is 502 g/mol. The van der Waals surface area contributed by atoms with E-state index in [1.165, 1.54) is 6.07 Å². The molecular formula is C18H17BrClN3O6S. The fourth-order valence-corrected chi connectivity index (χ4v) is 5.94. The van der Waals surface area contributed by atoms with E-state index >= 15 is 0 Å². The number of aromatic hydroxyl groups is 1. The Labute approximate surface area is 185 Å². The van der Waals surface area contributed by atoms with Crippen molar-refractivity contribution in [2.24, 2.45) is 5.73 Å². The van der Waals surface area contributed by atoms with Gasteiger partial charge in [0.25, 0.3) is 0 Å². The van der Waals surface area contributed by atoms with E-state index in [1.54, 1.807) is 24.3 Å². The first-order chi connectivity index (χ1) is 14.1. The summed E-state index contributed by atoms with van der Waals surface area (Å²) in [4.78, 5) is 22.7. The molecule has 9 nitrogen and oxygen atoms in total. The molecule has 0 spiro atoms. The van der Waals surface area contributed by atoms with Crippen molar-refractivity contribution in [1.82, 2.24) is 4.31 Å². The van der Waals surface area contributed by atoms with Crippen LogP contribution in [0, 0.1) is 0 Å². The summed E-state index contributed by atoms with van der Waals surface area (Å²) in [5.41, 5.74) is 5.65. The predicted octanol–water partition coefficient (Wildman–Crippen LogP) is 2.90. The zero-order chi connectivity index (χ0) is 22.2. The highest BCUT2D eigenvalue weighted by Gasteiger charge is 2.46. The van der Waals surface area contributed by atoms with Gasteiger partial charge in [0.15, 0.2) is 5.75 Å². The molecule has 0 bridgehead atoms. The third-order valence-corrected chi connectivity index (χ3v) is 7.79. The molecule has 0 radical (unpaired) electrons. The van der Waals surface area contributed by atoms with E-state index in [2.05, 4.69) is 26.0 Å². The lowest BCUT2D eigenvalue weighted by Gasteiger charge is -2.37. The summed E-state index contributed by atoms with van der Waals surface area (Å²) in [6.45, 7) is 0.0374. The second-order valence-electron chi connectivity index (χ2n) is 6.38. The summed E-state index contributed by atoms with van der Waals surface area (Å²) in [6.07, 6.45) is 0.264. The molecule has 1 saturated heterocycles. The molecule has 1 heterocycles. The number of nitrogens with one attached hydrogen (secondary N) is 1. The fourth-order valence-electron chi connectivity index (χ4n) is 3.10. The summed E-state index contributed by atoms with van der Waals surface area (Å²) in [5.74, 6) is -1.51. The van der Waals surface area contributed by atoms with Crippen LogP contribution >= 0.6 is 27.5 Å². The SMILES string of the molecule is COC(=O)C1CCN1S(=O)(=O)c1c(O)c(NC(N)=O)cc(-c2ccccc2Br)c1Cl. The number of anilines is 1. The number of nitrogens with zero attached hydrogens (tertiary/aromatic N) is 1. The van der Waals surface area contributed by atoms with Crippen LogP contribution in [0.25, 0.3) is 11.1 Å². The van der Waals surface area contributed by atoms with Crippen LogP contribution < -0.4 is 11.1 Å². The van der Waals surface area contributed by atoms with E-state index in [0.717, 1.165) is 11.4 Å². The standard InChI is InChI=1S/C18H17BrClN3O6S/c1-29-17(25)13-6-7-23(13)30(27,28)16-14(20)10(9-4-2-3-5-11(9)19)8-12(15(16)24)22-18(21)26/h2-5,8,13,24H,6-7H2,1H3,(H3,21,22,26). The van der Waals surface area contributed by atoms with Crippen LogP contribution in [0.4, 0.5) is 10.5 Å². The number of methoxy groups -OCH3 is 1. The van der Waals surface area contributed by atoms with Crippen molar-refractivity contribution in [3.8, 4) is 16.9 Å². The molecule has 4 N–H and O–H groups in total. The van der Waals surface area contributed by atoms with Crippen LogP contribution in [0.15, 0.2) is 39.7 Å². The van der Waals surface area contributed by atoms with Crippen molar-refractivity contribution in [1.29, 1.82) is 0 Å². The number of hydrogen-bond donors (Lipinski definition) is 3. The number of amides is 2. The molecule has 2 aromatic carbocycles. The van der Waals surface area contributed by atoms with E-state index in [0.29, 0.717) is 10.0 Å². The quantitative estimate of drug-likeness (QED) is 0.411. The molecule has 1 aliphatic rings. The molecule has 1 unspecified atom stereocenters. The minimum absolute atomic E-state index is 0.0374. The van der Waals surface area contributed by atoms with Crippen molar-refractivity contribution < 1.29 is 27.9 Å². The van der Waals surface area contributed by atoms with Crippen LogP contribution in [0.5, 0.6) is 5.75 Å². The maximum Gasteiger partial charge on any atom is 0.324 e. The van der Waals surface area contributed by atoms with Crippen molar-refractivity contribution in [2.45, 2.75) is 17.4 Å². The van der Waals surface area contributed by atoms with Gasteiger partial charge in [0, 0.05) is 16.6 Å². The molecule has 160 valence electrons. The van der Waals surface area contributed by atoms with Crippen molar-refractivity contribution in [2.75, 3.05) is 19.0 Å². The van der Waals surface area contributed by atoms with Gasteiger partial charge < -0.3 is 20.9 Å². The normalized spacial score (nSPS) is 16.6. The smallest absolute Gasteiger partial charge is 0.324 e. The Morgan fingerprint density at radius 1 is 1.33 bits per heavy atom. The number of phenols is 1. The van der Waals surface area contributed by atoms with E-state index in [9.17, 15) is 23.1 Å². The lowest BCUT2D eigenvalue weighted by molar-refractivity contribution is -0.148. The first kappa shape index (κ1) is 22.3. The average Bonchev–Trinajstić information content (AvgIpc) is 2.62. The highest BCUT2D eigenvalue weighted by atomic mass is 79.9. The number of rotatable bonds is 5. The van der Waals surface area contributed by atoms with Crippen LogP contribution in [0.1, 0.15) is 6.42 Å². The summed E-state index contributed by atoms with van der Waals surface area (Å²) in [5, 5.41) is 12.6. The Kier molecular flexibility index (Phi) is 6.27. The van der Waals surface area contributed by atoms with Gasteiger partial charge in [0.05, 0.1) is 17.8 Å². The highest BCUT2D eigenvalue weighted by Crippen LogP contribution is 2.47. The number of ether oxygens (including phenoxy) is 1. The van der Waals surface area contributed by atoms with Gasteiger partial charge in [0.1, 0.15) is 10.9 Å². The van der Waals surface area contributed by atoms with Gasteiger partial charge in [-0.1, -0.05) is 45.7 Å². The monoisotopic (exact) mass is 517 g/mol. The predicted molar refractivity (Wildman–Crippen MR) is 114 cm³/mol. The zero-order valence-corrected chi connectivity index (χ0v) is 18.7. The van der Waals surface area contributed by atoms with Gasteiger partial charge in [-0.3, -0.25) is 4.79 Å². The first-order valence-corrected chi connectivity index (χ1v) is 11.2. The number of carbonyl (C=O) groups excluding carboxylic acids is 2. The van der Waals surface area contributed by atoms with Crippen LogP contribution in [0.2, 0.25) is 5.02 Å². The maximum absolute atomic E-state index is 13.3. The van der Waals surface area contributed by atoms with E-state index in [4.69, 9.17) is 17.3 Å². The van der Waals surface area contributed by atoms with Gasteiger partial charge in [-0.05, 0) is 24.1 Å². The lowest BCUT2D eigenvalue weighted by Crippen LogP contribution is -2.55. The fraction of sp³-hybridized carbons (Fsp3) is 0.222. The first-order valence-electron chi connectivity index (χ1n) is 8.56. The minimum Gasteiger partial charge on any atom is -0.504 e. The van der Waals surface area contributed by atoms with Crippen molar-refractivity contribution in [3.05, 3.63) is 39.8 Å². The van der Waals surface area contributed by atoms with Crippen LogP contribution in [-0.2, 0) is 19.6 Å². The van der Waals surface area contributed by atoms with Gasteiger partial charge in [0.2, 0.25) is 10.0 Å². The van der Waals surface area contributed by atoms with E-state index in [1.807, 2.05) is 0 Å². The number of phenolic OH excluding ortho intramolecular Hbond substituents is 1. The Bertz CT molecular complexity index is 1140. The molecule has 2 amide bonds. The van der Waals surface area contributed by atoms with Crippen LogP contribution in [-0.4, -0.2) is 49.5 Å². The molecule has 30 heavy (non-hydrogen) atoms. The molecule has 0 saturated carbocycles. The van der Waals surface area contributed by atoms with Gasteiger partial charge in [-0.15, -0.1) is 0 Å². The molecule has 0 aliphatic carbocycles. The molecule has 1 atom stereocenters. The Morgan fingerprint density at radius 2 is 2.00 bits per heavy atom. The summed E-state index contributed by atoms with van der Waals surface area (Å²) in [6, 6.07) is 6.13.